The van der Waals surface area contributed by atoms with E-state index in [2.05, 4.69) is 15.3 Å². The Morgan fingerprint density at radius 2 is 1.88 bits per heavy atom. The minimum Gasteiger partial charge on any atom is -0.337 e. The normalized spacial score (nSPS) is 10.9. The lowest BCUT2D eigenvalue weighted by Crippen LogP contribution is -2.00. The first-order valence-electron chi connectivity index (χ1n) is 7.23. The molecule has 0 spiro atoms. The van der Waals surface area contributed by atoms with Crippen molar-refractivity contribution in [2.45, 2.75) is 0 Å². The van der Waals surface area contributed by atoms with Crippen molar-refractivity contribution < 1.29 is 4.39 Å². The molecule has 6 heteroatoms. The van der Waals surface area contributed by atoms with Crippen LogP contribution in [-0.2, 0) is 0 Å². The number of rotatable bonds is 3. The Bertz CT molecular complexity index is 1020. The maximum Gasteiger partial charge on any atom is 0.172 e. The standard InChI is InChI=1S/C18H11ClFN3S/c19-11-7-8-12-15(10-11)22-18(16-6-3-9-24-16)23-17(12)21-14-5-2-1-4-13(14)20/h1-10H,(H,21,22,23). The first kappa shape index (κ1) is 15.1. The van der Waals surface area contributed by atoms with Gasteiger partial charge in [-0.05, 0) is 41.8 Å². The number of benzene rings is 2. The Morgan fingerprint density at radius 1 is 1.00 bits per heavy atom. The fourth-order valence-electron chi connectivity index (χ4n) is 2.40. The van der Waals surface area contributed by atoms with Gasteiger partial charge in [0.2, 0.25) is 0 Å². The summed E-state index contributed by atoms with van der Waals surface area (Å²) < 4.78 is 14.0. The zero-order valence-corrected chi connectivity index (χ0v) is 13.9. The van der Waals surface area contributed by atoms with E-state index in [1.807, 2.05) is 23.6 Å². The highest BCUT2D eigenvalue weighted by Crippen LogP contribution is 2.31. The minimum atomic E-state index is -0.337. The van der Waals surface area contributed by atoms with E-state index in [0.29, 0.717) is 27.9 Å². The van der Waals surface area contributed by atoms with Gasteiger partial charge in [0.1, 0.15) is 11.6 Å². The predicted octanol–water partition coefficient (Wildman–Crippen LogP) is 5.89. The summed E-state index contributed by atoms with van der Waals surface area (Å²) in [6, 6.07) is 15.8. The Hall–Kier alpha value is -2.50. The Morgan fingerprint density at radius 3 is 2.67 bits per heavy atom. The van der Waals surface area contributed by atoms with Crippen molar-refractivity contribution in [2.24, 2.45) is 0 Å². The van der Waals surface area contributed by atoms with Gasteiger partial charge in [-0.1, -0.05) is 29.8 Å². The molecule has 2 heterocycles. The number of fused-ring (bicyclic) bond motifs is 1. The first-order chi connectivity index (χ1) is 11.7. The van der Waals surface area contributed by atoms with Crippen LogP contribution in [0.3, 0.4) is 0 Å². The third-order valence-electron chi connectivity index (χ3n) is 3.53. The van der Waals surface area contributed by atoms with Gasteiger partial charge in [0, 0.05) is 10.4 Å². The molecule has 4 aromatic rings. The number of aromatic nitrogens is 2. The Labute approximate surface area is 146 Å². The largest absolute Gasteiger partial charge is 0.337 e. The number of thiophene rings is 1. The zero-order valence-electron chi connectivity index (χ0n) is 12.3. The van der Waals surface area contributed by atoms with E-state index in [0.717, 1.165) is 10.3 Å². The second-order valence-corrected chi connectivity index (χ2v) is 6.52. The van der Waals surface area contributed by atoms with Crippen molar-refractivity contribution in [1.82, 2.24) is 9.97 Å². The van der Waals surface area contributed by atoms with Crippen molar-refractivity contribution in [1.29, 1.82) is 0 Å². The van der Waals surface area contributed by atoms with E-state index >= 15 is 0 Å². The van der Waals surface area contributed by atoms with E-state index < -0.39 is 0 Å². The van der Waals surface area contributed by atoms with Crippen LogP contribution in [0.2, 0.25) is 5.02 Å². The van der Waals surface area contributed by atoms with Gasteiger partial charge in [0.15, 0.2) is 5.82 Å². The third kappa shape index (κ3) is 2.84. The monoisotopic (exact) mass is 355 g/mol. The highest BCUT2D eigenvalue weighted by atomic mass is 35.5. The van der Waals surface area contributed by atoms with Crippen molar-refractivity contribution in [3.8, 4) is 10.7 Å². The third-order valence-corrected chi connectivity index (χ3v) is 4.63. The van der Waals surface area contributed by atoms with E-state index in [4.69, 9.17) is 11.6 Å². The smallest absolute Gasteiger partial charge is 0.172 e. The molecular formula is C18H11ClFN3S. The second kappa shape index (κ2) is 6.19. The SMILES string of the molecule is Fc1ccccc1Nc1nc(-c2cccs2)nc2cc(Cl)ccc12. The van der Waals surface area contributed by atoms with E-state index in [1.54, 1.807) is 41.7 Å². The van der Waals surface area contributed by atoms with Crippen LogP contribution < -0.4 is 5.32 Å². The molecule has 24 heavy (non-hydrogen) atoms. The summed E-state index contributed by atoms with van der Waals surface area (Å²) in [5.74, 6) is 0.791. The van der Waals surface area contributed by atoms with Gasteiger partial charge in [0.05, 0.1) is 16.1 Å². The minimum absolute atomic E-state index is 0.337. The molecule has 118 valence electrons. The summed E-state index contributed by atoms with van der Waals surface area (Å²) in [4.78, 5) is 10.1. The van der Waals surface area contributed by atoms with Crippen molar-refractivity contribution in [3.05, 3.63) is 70.8 Å². The molecule has 2 aromatic heterocycles. The van der Waals surface area contributed by atoms with Gasteiger partial charge in [-0.15, -0.1) is 11.3 Å². The fourth-order valence-corrected chi connectivity index (χ4v) is 3.23. The number of hydrogen-bond donors (Lipinski definition) is 1. The van der Waals surface area contributed by atoms with Gasteiger partial charge >= 0.3 is 0 Å². The Kier molecular flexibility index (Phi) is 3.88. The molecule has 4 rings (SSSR count). The average molecular weight is 356 g/mol. The first-order valence-corrected chi connectivity index (χ1v) is 8.49. The number of nitrogens with one attached hydrogen (secondary N) is 1. The van der Waals surface area contributed by atoms with Gasteiger partial charge in [-0.2, -0.15) is 0 Å². The molecule has 0 bridgehead atoms. The molecule has 0 aliphatic carbocycles. The average Bonchev–Trinajstić information content (AvgIpc) is 3.11. The molecule has 0 atom stereocenters. The summed E-state index contributed by atoms with van der Waals surface area (Å²) in [5, 5.41) is 6.41. The van der Waals surface area contributed by atoms with Crippen LogP contribution in [0.1, 0.15) is 0 Å². The molecule has 0 saturated heterocycles. The van der Waals surface area contributed by atoms with Gasteiger partial charge in [-0.25, -0.2) is 14.4 Å². The maximum atomic E-state index is 14.0. The Balaban J connectivity index is 1.91. The lowest BCUT2D eigenvalue weighted by atomic mass is 10.2. The van der Waals surface area contributed by atoms with Crippen LogP contribution in [-0.4, -0.2) is 9.97 Å². The van der Waals surface area contributed by atoms with Gasteiger partial charge < -0.3 is 5.32 Å². The van der Waals surface area contributed by atoms with E-state index in [9.17, 15) is 4.39 Å². The molecule has 2 aromatic carbocycles. The number of hydrogen-bond acceptors (Lipinski definition) is 4. The van der Waals surface area contributed by atoms with Gasteiger partial charge in [0.25, 0.3) is 0 Å². The molecule has 0 aliphatic rings. The molecule has 1 N–H and O–H groups in total. The predicted molar refractivity (Wildman–Crippen MR) is 97.5 cm³/mol. The summed E-state index contributed by atoms with van der Waals surface area (Å²) in [7, 11) is 0. The molecule has 0 aliphatic heterocycles. The molecule has 0 fully saturated rings. The van der Waals surface area contributed by atoms with E-state index in [-0.39, 0.29) is 5.82 Å². The van der Waals surface area contributed by atoms with Crippen LogP contribution in [0.15, 0.2) is 60.0 Å². The topological polar surface area (TPSA) is 37.8 Å². The summed E-state index contributed by atoms with van der Waals surface area (Å²) >= 11 is 7.64. The molecular weight excluding hydrogens is 345 g/mol. The number of para-hydroxylation sites is 1. The van der Waals surface area contributed by atoms with Crippen LogP contribution in [0, 0.1) is 5.82 Å². The molecule has 0 radical (unpaired) electrons. The quantitative estimate of drug-likeness (QED) is 0.497. The van der Waals surface area contributed by atoms with Crippen LogP contribution in [0.5, 0.6) is 0 Å². The lowest BCUT2D eigenvalue weighted by Gasteiger charge is -2.11. The summed E-state index contributed by atoms with van der Waals surface area (Å²) in [6.07, 6.45) is 0. The zero-order chi connectivity index (χ0) is 16.5. The number of nitrogens with zero attached hydrogens (tertiary/aromatic N) is 2. The highest BCUT2D eigenvalue weighted by molar-refractivity contribution is 7.13. The van der Waals surface area contributed by atoms with Crippen LogP contribution >= 0.6 is 22.9 Å². The molecule has 0 saturated carbocycles. The second-order valence-electron chi connectivity index (χ2n) is 5.14. The van der Waals surface area contributed by atoms with E-state index in [1.165, 1.54) is 6.07 Å². The lowest BCUT2D eigenvalue weighted by molar-refractivity contribution is 0.632. The van der Waals surface area contributed by atoms with Crippen molar-refractivity contribution in [3.63, 3.8) is 0 Å². The fraction of sp³-hybridized carbons (Fsp3) is 0. The maximum absolute atomic E-state index is 14.0. The van der Waals surface area contributed by atoms with Crippen LogP contribution in [0.25, 0.3) is 21.6 Å². The molecule has 0 amide bonds. The van der Waals surface area contributed by atoms with Gasteiger partial charge in [-0.3, -0.25) is 0 Å². The highest BCUT2D eigenvalue weighted by Gasteiger charge is 2.12. The summed E-state index contributed by atoms with van der Waals surface area (Å²) in [5.41, 5.74) is 1.07. The number of anilines is 2. The molecule has 0 unspecified atom stereocenters. The molecule has 3 nitrogen and oxygen atoms in total. The van der Waals surface area contributed by atoms with Crippen molar-refractivity contribution in [2.75, 3.05) is 5.32 Å². The van der Waals surface area contributed by atoms with Crippen molar-refractivity contribution >= 4 is 45.3 Å². The summed E-state index contributed by atoms with van der Waals surface area (Å²) in [6.45, 7) is 0. The number of halogens is 2. The van der Waals surface area contributed by atoms with Crippen LogP contribution in [0.4, 0.5) is 15.9 Å².